The van der Waals surface area contributed by atoms with E-state index in [0.717, 1.165) is 42.8 Å². The molecule has 5 rings (SSSR count). The van der Waals surface area contributed by atoms with Crippen LogP contribution in [0.2, 0.25) is 0 Å². The summed E-state index contributed by atoms with van der Waals surface area (Å²) in [5.41, 5.74) is 0.841. The molecular weight excluding hydrogens is 551 g/mol. The van der Waals surface area contributed by atoms with E-state index in [9.17, 15) is 18.0 Å². The lowest BCUT2D eigenvalue weighted by Gasteiger charge is -2.22. The smallest absolute Gasteiger partial charge is 0.416 e. The zero-order valence-corrected chi connectivity index (χ0v) is 23.6. The van der Waals surface area contributed by atoms with E-state index < -0.39 is 11.7 Å². The molecule has 7 nitrogen and oxygen atoms in total. The first-order valence-electron chi connectivity index (χ1n) is 13.2. The van der Waals surface area contributed by atoms with E-state index in [0.29, 0.717) is 33.6 Å². The van der Waals surface area contributed by atoms with Gasteiger partial charge in [-0.15, -0.1) is 0 Å². The Bertz CT molecular complexity index is 1640. The maximum Gasteiger partial charge on any atom is 0.416 e. The number of aromatic nitrogens is 3. The van der Waals surface area contributed by atoms with Crippen molar-refractivity contribution in [1.29, 1.82) is 0 Å². The number of carbonyl (C=O) groups excluding carboxylic acids is 1. The van der Waals surface area contributed by atoms with Crippen LogP contribution in [0.3, 0.4) is 0 Å². The lowest BCUT2D eigenvalue weighted by Crippen LogP contribution is -2.31. The van der Waals surface area contributed by atoms with Gasteiger partial charge in [-0.2, -0.15) is 13.2 Å². The van der Waals surface area contributed by atoms with Gasteiger partial charge in [0.15, 0.2) is 10.9 Å². The van der Waals surface area contributed by atoms with Gasteiger partial charge < -0.3 is 10.1 Å². The van der Waals surface area contributed by atoms with E-state index in [1.54, 1.807) is 18.2 Å². The molecule has 2 aromatic carbocycles. The molecule has 2 aromatic heterocycles. The van der Waals surface area contributed by atoms with Crippen LogP contribution in [0.4, 0.5) is 18.3 Å². The van der Waals surface area contributed by atoms with E-state index in [-0.39, 0.29) is 23.4 Å². The van der Waals surface area contributed by atoms with Gasteiger partial charge in [0.25, 0.3) is 0 Å². The number of carbonyl (C=O) groups is 1. The SMILES string of the molecule is CC(=O)Nc1nc2c(Oc3cc(-c4ccc(C(F)(F)F)cc4C#C[C@@H]4CCCN4CC(C)C)ncn3)cccc2s1. The number of hydrogen-bond acceptors (Lipinski definition) is 7. The largest absolute Gasteiger partial charge is 0.437 e. The summed E-state index contributed by atoms with van der Waals surface area (Å²) in [5.74, 6) is 7.11. The molecule has 1 aliphatic rings. The Morgan fingerprint density at radius 3 is 2.80 bits per heavy atom. The minimum Gasteiger partial charge on any atom is -0.437 e. The van der Waals surface area contributed by atoms with Crippen LogP contribution in [-0.4, -0.2) is 44.9 Å². The van der Waals surface area contributed by atoms with Gasteiger partial charge in [-0.3, -0.25) is 9.69 Å². The second kappa shape index (κ2) is 11.8. The summed E-state index contributed by atoms with van der Waals surface area (Å²) < 4.78 is 47.7. The number of benzene rings is 2. The number of hydrogen-bond donors (Lipinski definition) is 1. The number of rotatable bonds is 6. The third kappa shape index (κ3) is 6.84. The molecule has 0 saturated carbocycles. The lowest BCUT2D eigenvalue weighted by atomic mass is 10.0. The molecule has 3 heterocycles. The van der Waals surface area contributed by atoms with Gasteiger partial charge in [-0.25, -0.2) is 15.0 Å². The molecule has 11 heteroatoms. The number of para-hydroxylation sites is 1. The molecule has 0 bridgehead atoms. The van der Waals surface area contributed by atoms with E-state index in [2.05, 4.69) is 50.9 Å². The Kier molecular flexibility index (Phi) is 8.24. The predicted molar refractivity (Wildman–Crippen MR) is 153 cm³/mol. The van der Waals surface area contributed by atoms with Gasteiger partial charge in [0.2, 0.25) is 11.8 Å². The summed E-state index contributed by atoms with van der Waals surface area (Å²) in [5, 5.41) is 3.11. The van der Waals surface area contributed by atoms with Crippen molar-refractivity contribution in [3.05, 3.63) is 59.9 Å². The van der Waals surface area contributed by atoms with Crippen LogP contribution in [0.25, 0.3) is 21.5 Å². The Morgan fingerprint density at radius 1 is 1.22 bits per heavy atom. The Balaban J connectivity index is 1.49. The summed E-state index contributed by atoms with van der Waals surface area (Å²) in [6.07, 6.45) is -1.32. The number of fused-ring (bicyclic) bond motifs is 1. The minimum absolute atomic E-state index is 0.00919. The summed E-state index contributed by atoms with van der Waals surface area (Å²) >= 11 is 1.31. The molecule has 0 unspecified atom stereocenters. The number of nitrogens with one attached hydrogen (secondary N) is 1. The number of alkyl halides is 3. The van der Waals surface area contributed by atoms with Crippen molar-refractivity contribution in [3.63, 3.8) is 0 Å². The summed E-state index contributed by atoms with van der Waals surface area (Å²) in [6, 6.07) is 10.4. The standard InChI is InChI=1S/C30H28F3N5O2S/c1-18(2)16-38-13-5-6-22(38)11-9-20-14-21(30(31,32)33)10-12-23(20)24-15-27(35-17-34-24)40-25-7-4-8-26-28(25)37-29(41-26)36-19(3)39/h4,7-8,10,12,14-15,17-18,22H,5-6,13,16H2,1-3H3,(H,36,37,39)/t22-/m0/s1. The van der Waals surface area contributed by atoms with Crippen molar-refractivity contribution >= 4 is 32.6 Å². The first kappa shape index (κ1) is 28.5. The molecule has 0 radical (unpaired) electrons. The van der Waals surface area contributed by atoms with E-state index >= 15 is 0 Å². The van der Waals surface area contributed by atoms with E-state index in [4.69, 9.17) is 4.74 Å². The van der Waals surface area contributed by atoms with Crippen LogP contribution in [0.15, 0.2) is 48.8 Å². The van der Waals surface area contributed by atoms with Crippen LogP contribution >= 0.6 is 11.3 Å². The third-order valence-corrected chi connectivity index (χ3v) is 7.42. The van der Waals surface area contributed by atoms with Gasteiger partial charge in [-0.1, -0.05) is 49.2 Å². The number of anilines is 1. The molecule has 0 spiro atoms. The highest BCUT2D eigenvalue weighted by Crippen LogP contribution is 2.36. The topological polar surface area (TPSA) is 80.2 Å². The van der Waals surface area contributed by atoms with Crippen LogP contribution in [0, 0.1) is 17.8 Å². The van der Waals surface area contributed by atoms with Crippen molar-refractivity contribution in [2.45, 2.75) is 45.8 Å². The van der Waals surface area contributed by atoms with Crippen molar-refractivity contribution in [3.8, 4) is 34.7 Å². The van der Waals surface area contributed by atoms with Gasteiger partial charge in [0.05, 0.1) is 22.0 Å². The molecule has 1 fully saturated rings. The summed E-state index contributed by atoms with van der Waals surface area (Å²) in [6.45, 7) is 7.50. The average molecular weight is 580 g/mol. The van der Waals surface area contributed by atoms with Crippen LogP contribution in [0.1, 0.15) is 44.7 Å². The molecule has 1 aliphatic heterocycles. The van der Waals surface area contributed by atoms with Gasteiger partial charge >= 0.3 is 6.18 Å². The lowest BCUT2D eigenvalue weighted by molar-refractivity contribution is -0.137. The number of likely N-dealkylation sites (tertiary alicyclic amines) is 1. The monoisotopic (exact) mass is 579 g/mol. The fraction of sp³-hybridized carbons (Fsp3) is 0.333. The van der Waals surface area contributed by atoms with Crippen LogP contribution in [0.5, 0.6) is 11.6 Å². The molecule has 1 saturated heterocycles. The quantitative estimate of drug-likeness (QED) is 0.248. The molecule has 4 aromatic rings. The third-order valence-electron chi connectivity index (χ3n) is 6.48. The van der Waals surface area contributed by atoms with Gasteiger partial charge in [0.1, 0.15) is 11.8 Å². The van der Waals surface area contributed by atoms with Gasteiger partial charge in [-0.05, 0) is 49.6 Å². The normalized spacial score (nSPS) is 15.6. The molecule has 1 atom stereocenters. The maximum atomic E-state index is 13.6. The Labute approximate surface area is 239 Å². The van der Waals surface area contributed by atoms with E-state index in [1.807, 2.05) is 6.07 Å². The summed E-state index contributed by atoms with van der Waals surface area (Å²) in [7, 11) is 0. The molecule has 0 aliphatic carbocycles. The van der Waals surface area contributed by atoms with Gasteiger partial charge in [0, 0.05) is 30.7 Å². The molecule has 41 heavy (non-hydrogen) atoms. The number of ether oxygens (including phenoxy) is 1. The maximum absolute atomic E-state index is 13.6. The predicted octanol–water partition coefficient (Wildman–Crippen LogP) is 6.99. The number of nitrogens with zero attached hydrogens (tertiary/aromatic N) is 4. The molecule has 212 valence electrons. The highest BCUT2D eigenvalue weighted by atomic mass is 32.1. The van der Waals surface area contributed by atoms with Crippen LogP contribution in [-0.2, 0) is 11.0 Å². The Hall–Kier alpha value is -4.01. The molecule has 1 amide bonds. The Morgan fingerprint density at radius 2 is 2.05 bits per heavy atom. The number of halogens is 3. The van der Waals surface area contributed by atoms with Crippen molar-refractivity contribution in [1.82, 2.24) is 19.9 Å². The zero-order chi connectivity index (χ0) is 29.1. The van der Waals surface area contributed by atoms with E-state index in [1.165, 1.54) is 30.7 Å². The number of thiazole rings is 1. The first-order valence-corrected chi connectivity index (χ1v) is 14.0. The first-order chi connectivity index (χ1) is 19.6. The van der Waals surface area contributed by atoms with Crippen molar-refractivity contribution in [2.24, 2.45) is 5.92 Å². The summed E-state index contributed by atoms with van der Waals surface area (Å²) in [4.78, 5) is 26.7. The molecular formula is C30H28F3N5O2S. The highest BCUT2D eigenvalue weighted by molar-refractivity contribution is 7.22. The van der Waals surface area contributed by atoms with Crippen molar-refractivity contribution in [2.75, 3.05) is 18.4 Å². The van der Waals surface area contributed by atoms with Crippen LogP contribution < -0.4 is 10.1 Å². The molecule has 1 N–H and O–H groups in total. The fourth-order valence-corrected chi connectivity index (χ4v) is 5.68. The second-order valence-electron chi connectivity index (χ2n) is 10.2. The van der Waals surface area contributed by atoms with Crippen molar-refractivity contribution < 1.29 is 22.7 Å². The average Bonchev–Trinajstić information content (AvgIpc) is 3.52. The minimum atomic E-state index is -4.51. The second-order valence-corrected chi connectivity index (χ2v) is 11.3. The number of amides is 1. The highest BCUT2D eigenvalue weighted by Gasteiger charge is 2.31. The fourth-order valence-electron chi connectivity index (χ4n) is 4.75. The zero-order valence-electron chi connectivity index (χ0n) is 22.7.